The lowest BCUT2D eigenvalue weighted by molar-refractivity contribution is -0.141. The van der Waals surface area contributed by atoms with Crippen LogP contribution in [0.15, 0.2) is 27.9 Å². The quantitative estimate of drug-likeness (QED) is 0.621. The van der Waals surface area contributed by atoms with Gasteiger partial charge in [0.25, 0.3) is 5.43 Å². The Morgan fingerprint density at radius 2 is 1.92 bits per heavy atom. The van der Waals surface area contributed by atoms with Crippen molar-refractivity contribution in [3.8, 4) is 11.1 Å². The van der Waals surface area contributed by atoms with Crippen LogP contribution in [-0.2, 0) is 29.3 Å². The maximum Gasteiger partial charge on any atom is 0.433 e. The van der Waals surface area contributed by atoms with Gasteiger partial charge in [-0.3, -0.25) is 14.3 Å². The van der Waals surface area contributed by atoms with Crippen LogP contribution < -0.4 is 11.0 Å². The number of pyridine rings is 1. The SMILES string of the molecule is COCCOCc1nc(C(F)(F)F)ccc1-c1c[nH]n(C)c(=O)c1=O. The predicted octanol–water partition coefficient (Wildman–Crippen LogP) is 1.32. The topological polar surface area (TPSA) is 86.2 Å². The molecule has 0 bridgehead atoms. The van der Waals surface area contributed by atoms with Gasteiger partial charge in [-0.05, 0) is 6.07 Å². The van der Waals surface area contributed by atoms with Crippen LogP contribution in [0.2, 0.25) is 0 Å². The molecule has 0 atom stereocenters. The lowest BCUT2D eigenvalue weighted by Crippen LogP contribution is -2.35. The van der Waals surface area contributed by atoms with Crippen molar-refractivity contribution in [2.75, 3.05) is 20.3 Å². The molecule has 7 nitrogen and oxygen atoms in total. The average Bonchev–Trinajstić information content (AvgIpc) is 2.56. The summed E-state index contributed by atoms with van der Waals surface area (Å²) >= 11 is 0. The third-order valence-corrected chi connectivity index (χ3v) is 3.37. The second kappa shape index (κ2) is 7.62. The summed E-state index contributed by atoms with van der Waals surface area (Å²) in [5.74, 6) is 0. The number of halogens is 3. The van der Waals surface area contributed by atoms with Crippen LogP contribution in [0.5, 0.6) is 0 Å². The van der Waals surface area contributed by atoms with Crippen LogP contribution in [0, 0.1) is 0 Å². The molecule has 25 heavy (non-hydrogen) atoms. The van der Waals surface area contributed by atoms with Gasteiger partial charge in [-0.1, -0.05) is 6.07 Å². The molecular formula is C15H16F3N3O4. The first kappa shape index (κ1) is 18.9. The van der Waals surface area contributed by atoms with Crippen LogP contribution >= 0.6 is 0 Å². The molecule has 0 amide bonds. The van der Waals surface area contributed by atoms with Gasteiger partial charge in [0, 0.05) is 25.9 Å². The van der Waals surface area contributed by atoms with Crippen LogP contribution in [0.3, 0.4) is 0 Å². The zero-order valence-corrected chi connectivity index (χ0v) is 13.5. The highest BCUT2D eigenvalue weighted by Gasteiger charge is 2.33. The van der Waals surface area contributed by atoms with E-state index in [0.29, 0.717) is 0 Å². The van der Waals surface area contributed by atoms with Crippen molar-refractivity contribution in [2.24, 2.45) is 7.05 Å². The predicted molar refractivity (Wildman–Crippen MR) is 82.1 cm³/mol. The first-order valence-corrected chi connectivity index (χ1v) is 7.18. The van der Waals surface area contributed by atoms with Crippen molar-refractivity contribution in [3.63, 3.8) is 0 Å². The fourth-order valence-corrected chi connectivity index (χ4v) is 2.08. The Bertz CT molecular complexity index is 858. The lowest BCUT2D eigenvalue weighted by Gasteiger charge is -2.13. The van der Waals surface area contributed by atoms with Crippen molar-refractivity contribution in [1.29, 1.82) is 0 Å². The van der Waals surface area contributed by atoms with Crippen LogP contribution in [0.4, 0.5) is 13.2 Å². The highest BCUT2D eigenvalue weighted by Crippen LogP contribution is 2.30. The molecule has 2 aromatic rings. The Labute approximate surface area is 140 Å². The molecule has 0 aliphatic rings. The summed E-state index contributed by atoms with van der Waals surface area (Å²) in [5.41, 5.74) is -2.85. The molecule has 0 saturated heterocycles. The van der Waals surface area contributed by atoms with Gasteiger partial charge in [0.05, 0.1) is 31.1 Å². The molecule has 0 saturated carbocycles. The van der Waals surface area contributed by atoms with Gasteiger partial charge in [0.2, 0.25) is 0 Å². The molecule has 0 unspecified atom stereocenters. The second-order valence-corrected chi connectivity index (χ2v) is 5.11. The van der Waals surface area contributed by atoms with E-state index in [4.69, 9.17) is 9.47 Å². The molecule has 0 aliphatic heterocycles. The minimum atomic E-state index is -4.64. The maximum absolute atomic E-state index is 12.9. The lowest BCUT2D eigenvalue weighted by atomic mass is 10.1. The number of nitrogens with zero attached hydrogens (tertiary/aromatic N) is 2. The zero-order valence-electron chi connectivity index (χ0n) is 13.5. The van der Waals surface area contributed by atoms with Gasteiger partial charge in [-0.2, -0.15) is 13.2 Å². The highest BCUT2D eigenvalue weighted by atomic mass is 19.4. The molecule has 10 heteroatoms. The Kier molecular flexibility index (Phi) is 5.75. The average molecular weight is 359 g/mol. The summed E-state index contributed by atoms with van der Waals surface area (Å²) in [4.78, 5) is 27.5. The molecular weight excluding hydrogens is 343 g/mol. The molecule has 0 spiro atoms. The molecule has 0 fully saturated rings. The standard InChI is InChI=1S/C15H16F3N3O4/c1-21-14(23)13(22)10(7-19-21)9-3-4-12(15(16,17)18)20-11(9)8-25-6-5-24-2/h3-4,7,19H,5-6,8H2,1-2H3. The van der Waals surface area contributed by atoms with E-state index in [0.717, 1.165) is 16.8 Å². The number of ether oxygens (including phenoxy) is 2. The first-order chi connectivity index (χ1) is 11.8. The number of methoxy groups -OCH3 is 1. The number of H-pyrrole nitrogens is 1. The molecule has 2 heterocycles. The minimum absolute atomic E-state index is 0.0744. The van der Waals surface area contributed by atoms with Crippen LogP contribution in [-0.4, -0.2) is 35.1 Å². The Morgan fingerprint density at radius 1 is 1.20 bits per heavy atom. The number of alkyl halides is 3. The summed E-state index contributed by atoms with van der Waals surface area (Å²) in [6.07, 6.45) is -3.40. The van der Waals surface area contributed by atoms with E-state index in [9.17, 15) is 22.8 Å². The van der Waals surface area contributed by atoms with Gasteiger partial charge < -0.3 is 14.6 Å². The number of hydrogen-bond donors (Lipinski definition) is 1. The molecule has 0 aromatic carbocycles. The number of aromatic nitrogens is 3. The highest BCUT2D eigenvalue weighted by molar-refractivity contribution is 5.64. The molecule has 136 valence electrons. The monoisotopic (exact) mass is 359 g/mol. The Morgan fingerprint density at radius 3 is 2.56 bits per heavy atom. The second-order valence-electron chi connectivity index (χ2n) is 5.11. The van der Waals surface area contributed by atoms with E-state index in [2.05, 4.69) is 10.1 Å². The summed E-state index contributed by atoms with van der Waals surface area (Å²) in [7, 11) is 2.81. The van der Waals surface area contributed by atoms with Gasteiger partial charge in [-0.25, -0.2) is 4.98 Å². The van der Waals surface area contributed by atoms with Gasteiger partial charge in [0.1, 0.15) is 5.69 Å². The van der Waals surface area contributed by atoms with E-state index >= 15 is 0 Å². The van der Waals surface area contributed by atoms with Crippen LogP contribution in [0.1, 0.15) is 11.4 Å². The van der Waals surface area contributed by atoms with Gasteiger partial charge >= 0.3 is 11.7 Å². The maximum atomic E-state index is 12.9. The largest absolute Gasteiger partial charge is 0.433 e. The van der Waals surface area contributed by atoms with E-state index in [1.165, 1.54) is 20.4 Å². The van der Waals surface area contributed by atoms with E-state index in [1.54, 1.807) is 0 Å². The Hall–Kier alpha value is -2.46. The third-order valence-electron chi connectivity index (χ3n) is 3.37. The van der Waals surface area contributed by atoms with Crippen molar-refractivity contribution in [1.82, 2.24) is 14.8 Å². The zero-order chi connectivity index (χ0) is 18.6. The number of aryl methyl sites for hydroxylation is 1. The van der Waals surface area contributed by atoms with Gasteiger partial charge in [-0.15, -0.1) is 0 Å². The van der Waals surface area contributed by atoms with Crippen LogP contribution in [0.25, 0.3) is 11.1 Å². The van der Waals surface area contributed by atoms with Crippen molar-refractivity contribution >= 4 is 0 Å². The van der Waals surface area contributed by atoms with E-state index in [-0.39, 0.29) is 36.6 Å². The van der Waals surface area contributed by atoms with Crippen molar-refractivity contribution < 1.29 is 22.6 Å². The number of rotatable bonds is 6. The number of nitrogens with one attached hydrogen (secondary N) is 1. The third kappa shape index (κ3) is 4.34. The Balaban J connectivity index is 2.51. The molecule has 1 N–H and O–H groups in total. The van der Waals surface area contributed by atoms with E-state index < -0.39 is 22.9 Å². The molecule has 2 rings (SSSR count). The summed E-state index contributed by atoms with van der Waals surface area (Å²) in [6.45, 7) is 0.124. The van der Waals surface area contributed by atoms with Gasteiger partial charge in [0.15, 0.2) is 0 Å². The molecule has 2 aromatic heterocycles. The van der Waals surface area contributed by atoms with E-state index in [1.807, 2.05) is 0 Å². The number of aromatic amines is 1. The van der Waals surface area contributed by atoms with Crippen molar-refractivity contribution in [3.05, 3.63) is 50.3 Å². The number of hydrogen-bond acceptors (Lipinski definition) is 5. The smallest absolute Gasteiger partial charge is 0.382 e. The fourth-order valence-electron chi connectivity index (χ4n) is 2.08. The normalized spacial score (nSPS) is 11.7. The van der Waals surface area contributed by atoms with Crippen molar-refractivity contribution in [2.45, 2.75) is 12.8 Å². The summed E-state index contributed by atoms with van der Waals surface area (Å²) in [5, 5.41) is 2.55. The molecule has 0 aliphatic carbocycles. The summed E-state index contributed by atoms with van der Waals surface area (Å²) in [6, 6.07) is 1.86. The first-order valence-electron chi connectivity index (χ1n) is 7.18. The fraction of sp³-hybridized carbons (Fsp3) is 0.400. The minimum Gasteiger partial charge on any atom is -0.382 e. The molecule has 0 radical (unpaired) electrons. The summed E-state index contributed by atoms with van der Waals surface area (Å²) < 4.78 is 49.7.